The number of pyridine rings is 1. The summed E-state index contributed by atoms with van der Waals surface area (Å²) < 4.78 is 53.4. The van der Waals surface area contributed by atoms with Gasteiger partial charge in [-0.2, -0.15) is 13.2 Å². The van der Waals surface area contributed by atoms with Crippen LogP contribution in [0.25, 0.3) is 16.3 Å². The summed E-state index contributed by atoms with van der Waals surface area (Å²) in [4.78, 5) is 24.4. The predicted octanol–water partition coefficient (Wildman–Crippen LogP) is 5.67. The quantitative estimate of drug-likeness (QED) is 0.384. The third-order valence-electron chi connectivity index (χ3n) is 4.68. The third-order valence-corrected chi connectivity index (χ3v) is 5.31. The summed E-state index contributed by atoms with van der Waals surface area (Å²) in [5, 5.41) is 2.01. The average Bonchev–Trinajstić information content (AvgIpc) is 3.10. The first-order valence-electron chi connectivity index (χ1n) is 9.15. The van der Waals surface area contributed by atoms with E-state index in [9.17, 15) is 22.4 Å². The highest BCUT2D eigenvalue weighted by atomic mass is 35.5. The molecule has 0 unspecified atom stereocenters. The monoisotopic (exact) mass is 482 g/mol. The zero-order valence-electron chi connectivity index (χ0n) is 16.0. The van der Waals surface area contributed by atoms with Gasteiger partial charge in [-0.3, -0.25) is 9.78 Å². The lowest BCUT2D eigenvalue weighted by atomic mass is 10.1. The van der Waals surface area contributed by atoms with Crippen LogP contribution in [0.15, 0.2) is 42.7 Å². The molecule has 1 amide bonds. The zero-order valence-corrected chi connectivity index (χ0v) is 17.5. The highest BCUT2D eigenvalue weighted by Crippen LogP contribution is 2.35. The number of carbonyl (C=O) groups excluding carboxylic acids is 1. The standard InChI is InChI=1S/C21H12Cl2F4N4O/c22-14-3-4-16-19(14)31-17(9-28-16)11-2-1-10(15(24)5-11)6-18(32)30-12-7-13(21(25,26)27)20(23)29-8-12/h1-3,5,7-9H,4,6H2,(H,30,32). The first-order valence-corrected chi connectivity index (χ1v) is 9.91. The number of allylic oxidation sites excluding steroid dienone is 1. The SMILES string of the molecule is O=C(Cc1ccc(-c2cnc3c(n2)C(Cl)=CC3)cc1F)Nc1cnc(Cl)c(C(F)(F)F)c1. The van der Waals surface area contributed by atoms with Gasteiger partial charge in [0.1, 0.15) is 16.7 Å². The number of carbonyl (C=O) groups is 1. The van der Waals surface area contributed by atoms with Gasteiger partial charge in [0.15, 0.2) is 0 Å². The van der Waals surface area contributed by atoms with Crippen LogP contribution in [0.2, 0.25) is 5.15 Å². The maximum absolute atomic E-state index is 14.6. The van der Waals surface area contributed by atoms with E-state index >= 15 is 0 Å². The van der Waals surface area contributed by atoms with Crippen LogP contribution >= 0.6 is 23.2 Å². The van der Waals surface area contributed by atoms with Crippen molar-refractivity contribution < 1.29 is 22.4 Å². The molecular formula is C21H12Cl2F4N4O. The number of halogens is 6. The van der Waals surface area contributed by atoms with Crippen molar-refractivity contribution in [3.05, 3.63) is 76.2 Å². The van der Waals surface area contributed by atoms with E-state index in [1.807, 2.05) is 0 Å². The van der Waals surface area contributed by atoms with E-state index in [1.165, 1.54) is 18.3 Å². The van der Waals surface area contributed by atoms with Crippen LogP contribution in [0.3, 0.4) is 0 Å². The minimum atomic E-state index is -4.73. The summed E-state index contributed by atoms with van der Waals surface area (Å²) in [6.45, 7) is 0. The number of rotatable bonds is 4. The van der Waals surface area contributed by atoms with Crippen molar-refractivity contribution in [3.8, 4) is 11.3 Å². The Morgan fingerprint density at radius 2 is 1.91 bits per heavy atom. The van der Waals surface area contributed by atoms with Crippen LogP contribution in [-0.4, -0.2) is 20.9 Å². The Morgan fingerprint density at radius 3 is 2.62 bits per heavy atom. The fourth-order valence-corrected chi connectivity index (χ4v) is 3.56. The normalized spacial score (nSPS) is 13.0. The Kier molecular flexibility index (Phi) is 5.87. The van der Waals surface area contributed by atoms with Gasteiger partial charge in [0, 0.05) is 12.0 Å². The second kappa shape index (κ2) is 8.48. The number of alkyl halides is 3. The van der Waals surface area contributed by atoms with Gasteiger partial charge in [0.2, 0.25) is 5.91 Å². The lowest BCUT2D eigenvalue weighted by Crippen LogP contribution is -2.16. The Labute approximate surface area is 189 Å². The molecule has 32 heavy (non-hydrogen) atoms. The van der Waals surface area contributed by atoms with E-state index < -0.39 is 35.0 Å². The Hall–Kier alpha value is -3.04. The van der Waals surface area contributed by atoms with Crippen LogP contribution in [0, 0.1) is 5.82 Å². The Bertz CT molecular complexity index is 1260. The zero-order chi connectivity index (χ0) is 23.0. The van der Waals surface area contributed by atoms with E-state index in [4.69, 9.17) is 23.2 Å². The lowest BCUT2D eigenvalue weighted by Gasteiger charge is -2.11. The van der Waals surface area contributed by atoms with Crippen molar-refractivity contribution in [3.63, 3.8) is 0 Å². The van der Waals surface area contributed by atoms with Gasteiger partial charge in [0.05, 0.1) is 46.5 Å². The van der Waals surface area contributed by atoms with E-state index in [2.05, 4.69) is 20.3 Å². The molecule has 4 rings (SSSR count). The minimum Gasteiger partial charge on any atom is -0.324 e. The second-order valence-electron chi connectivity index (χ2n) is 6.90. The number of hydrogen-bond donors (Lipinski definition) is 1. The molecule has 2 heterocycles. The molecule has 0 atom stereocenters. The number of nitrogens with zero attached hydrogens (tertiary/aromatic N) is 3. The van der Waals surface area contributed by atoms with E-state index in [-0.39, 0.29) is 11.3 Å². The first-order chi connectivity index (χ1) is 15.1. The number of hydrogen-bond acceptors (Lipinski definition) is 4. The molecule has 2 aromatic heterocycles. The molecule has 164 valence electrons. The fourth-order valence-electron chi connectivity index (χ4n) is 3.12. The number of amides is 1. The summed E-state index contributed by atoms with van der Waals surface area (Å²) >= 11 is 11.6. The van der Waals surface area contributed by atoms with Crippen molar-refractivity contribution in [2.24, 2.45) is 0 Å². The molecule has 0 saturated carbocycles. The Morgan fingerprint density at radius 1 is 1.12 bits per heavy atom. The van der Waals surface area contributed by atoms with Crippen molar-refractivity contribution in [1.82, 2.24) is 15.0 Å². The highest BCUT2D eigenvalue weighted by Gasteiger charge is 2.34. The van der Waals surface area contributed by atoms with Gasteiger partial charge >= 0.3 is 6.18 Å². The van der Waals surface area contributed by atoms with Crippen molar-refractivity contribution in [1.29, 1.82) is 0 Å². The highest BCUT2D eigenvalue weighted by molar-refractivity contribution is 6.49. The van der Waals surface area contributed by atoms with Crippen molar-refractivity contribution in [2.45, 2.75) is 19.0 Å². The van der Waals surface area contributed by atoms with Gasteiger partial charge in [-0.1, -0.05) is 41.4 Å². The molecule has 0 aliphatic heterocycles. The van der Waals surface area contributed by atoms with Gasteiger partial charge < -0.3 is 5.32 Å². The molecule has 3 aromatic rings. The average molecular weight is 483 g/mol. The smallest absolute Gasteiger partial charge is 0.324 e. The van der Waals surface area contributed by atoms with Crippen LogP contribution in [-0.2, 0) is 23.8 Å². The second-order valence-corrected chi connectivity index (χ2v) is 7.66. The third kappa shape index (κ3) is 4.58. The lowest BCUT2D eigenvalue weighted by molar-refractivity contribution is -0.137. The van der Waals surface area contributed by atoms with Gasteiger partial charge in [0.25, 0.3) is 0 Å². The van der Waals surface area contributed by atoms with Gasteiger partial charge in [-0.05, 0) is 17.7 Å². The van der Waals surface area contributed by atoms with E-state index in [0.29, 0.717) is 34.5 Å². The van der Waals surface area contributed by atoms with Gasteiger partial charge in [-0.15, -0.1) is 0 Å². The molecule has 0 radical (unpaired) electrons. The largest absolute Gasteiger partial charge is 0.419 e. The molecule has 1 aromatic carbocycles. The predicted molar refractivity (Wildman–Crippen MR) is 112 cm³/mol. The van der Waals surface area contributed by atoms with Crippen LogP contribution in [0.1, 0.15) is 22.5 Å². The number of aromatic nitrogens is 3. The van der Waals surface area contributed by atoms with Crippen LogP contribution in [0.5, 0.6) is 0 Å². The molecule has 1 aliphatic rings. The first kappa shape index (κ1) is 22.2. The summed E-state index contributed by atoms with van der Waals surface area (Å²) in [6, 6.07) is 4.84. The van der Waals surface area contributed by atoms with Gasteiger partial charge in [-0.25, -0.2) is 14.4 Å². The fraction of sp³-hybridized carbons (Fsp3) is 0.143. The molecule has 0 spiro atoms. The minimum absolute atomic E-state index is 0.0521. The molecule has 0 fully saturated rings. The topological polar surface area (TPSA) is 67.8 Å². The molecule has 0 bridgehead atoms. The molecule has 0 saturated heterocycles. The summed E-state index contributed by atoms with van der Waals surface area (Å²) in [6.07, 6.45) is -0.270. The molecular weight excluding hydrogens is 471 g/mol. The molecule has 5 nitrogen and oxygen atoms in total. The molecule has 1 N–H and O–H groups in total. The van der Waals surface area contributed by atoms with Crippen LogP contribution in [0.4, 0.5) is 23.2 Å². The number of anilines is 1. The number of fused-ring (bicyclic) bond motifs is 1. The van der Waals surface area contributed by atoms with E-state index in [0.717, 1.165) is 11.9 Å². The molecule has 11 heteroatoms. The van der Waals surface area contributed by atoms with Crippen molar-refractivity contribution >= 4 is 39.8 Å². The van der Waals surface area contributed by atoms with Crippen LogP contribution < -0.4 is 5.32 Å². The van der Waals surface area contributed by atoms with E-state index in [1.54, 1.807) is 12.1 Å². The maximum Gasteiger partial charge on any atom is 0.419 e. The summed E-state index contributed by atoms with van der Waals surface area (Å²) in [5.41, 5.74) is 0.797. The maximum atomic E-state index is 14.6. The summed E-state index contributed by atoms with van der Waals surface area (Å²) in [5.74, 6) is -1.39. The number of nitrogens with one attached hydrogen (secondary N) is 1. The molecule has 1 aliphatic carbocycles. The summed E-state index contributed by atoms with van der Waals surface area (Å²) in [7, 11) is 0. The number of benzene rings is 1. The van der Waals surface area contributed by atoms with Crippen molar-refractivity contribution in [2.75, 3.05) is 5.32 Å². The Balaban J connectivity index is 1.49.